The molecule has 0 saturated carbocycles. The first kappa shape index (κ1) is 29.0. The van der Waals surface area contributed by atoms with Gasteiger partial charge in [0.05, 0.1) is 47.6 Å². The van der Waals surface area contributed by atoms with Crippen LogP contribution in [0.4, 0.5) is 11.4 Å². The second kappa shape index (κ2) is 12.1. The minimum absolute atomic E-state index is 0.0693. The summed E-state index contributed by atoms with van der Waals surface area (Å²) in [6, 6.07) is 9.33. The SMILES string of the molecule is Cc1ccc(S(=O)(=O)N2CCCCC2)cc1C(=O)Nc1cc(S(=O)(=O)N2CCOCC2)ccc1N1CCOCC1. The van der Waals surface area contributed by atoms with Crippen LogP contribution in [0.5, 0.6) is 0 Å². The summed E-state index contributed by atoms with van der Waals surface area (Å²) in [6.45, 7) is 6.02. The van der Waals surface area contributed by atoms with Gasteiger partial charge >= 0.3 is 0 Å². The second-order valence-corrected chi connectivity index (χ2v) is 14.1. The number of morpholine rings is 2. The summed E-state index contributed by atoms with van der Waals surface area (Å²) in [6.07, 6.45) is 2.62. The Morgan fingerprint density at radius 3 is 1.93 bits per heavy atom. The van der Waals surface area contributed by atoms with Gasteiger partial charge in [0.25, 0.3) is 5.91 Å². The Kier molecular flexibility index (Phi) is 8.78. The Bertz CT molecular complexity index is 1450. The fraction of sp³-hybridized carbons (Fsp3) is 0.519. The summed E-state index contributed by atoms with van der Waals surface area (Å²) >= 11 is 0. The Morgan fingerprint density at radius 1 is 0.725 bits per heavy atom. The maximum absolute atomic E-state index is 13.6. The number of rotatable bonds is 7. The Balaban J connectivity index is 1.48. The van der Waals surface area contributed by atoms with E-state index in [-0.39, 0.29) is 28.4 Å². The van der Waals surface area contributed by atoms with E-state index in [1.165, 1.54) is 26.8 Å². The van der Waals surface area contributed by atoms with Crippen LogP contribution in [0.2, 0.25) is 0 Å². The lowest BCUT2D eigenvalue weighted by atomic mass is 10.1. The van der Waals surface area contributed by atoms with E-state index in [1.54, 1.807) is 25.1 Å². The summed E-state index contributed by atoms with van der Waals surface area (Å²) < 4.78 is 67.0. The van der Waals surface area contributed by atoms with Gasteiger partial charge in [-0.2, -0.15) is 8.61 Å². The number of amides is 1. The quantitative estimate of drug-likeness (QED) is 0.519. The van der Waals surface area contributed by atoms with Crippen molar-refractivity contribution in [2.24, 2.45) is 0 Å². The van der Waals surface area contributed by atoms with Crippen LogP contribution in [0.25, 0.3) is 0 Å². The number of carbonyl (C=O) groups is 1. The molecule has 3 fully saturated rings. The fourth-order valence-electron chi connectivity index (χ4n) is 5.24. The van der Waals surface area contributed by atoms with E-state index in [0.29, 0.717) is 69.5 Å². The van der Waals surface area contributed by atoms with Gasteiger partial charge in [-0.3, -0.25) is 4.79 Å². The van der Waals surface area contributed by atoms with Crippen LogP contribution < -0.4 is 10.2 Å². The lowest BCUT2D eigenvalue weighted by molar-refractivity contribution is 0.0730. The van der Waals surface area contributed by atoms with E-state index in [4.69, 9.17) is 9.47 Å². The maximum atomic E-state index is 13.6. The molecular formula is C27H36N4O7S2. The van der Waals surface area contributed by atoms with E-state index in [2.05, 4.69) is 5.32 Å². The van der Waals surface area contributed by atoms with Crippen LogP contribution in [0.3, 0.4) is 0 Å². The first-order valence-corrected chi connectivity index (χ1v) is 16.5. The monoisotopic (exact) mass is 592 g/mol. The third kappa shape index (κ3) is 6.04. The molecule has 5 rings (SSSR count). The Labute approximate surface area is 236 Å². The molecule has 0 aliphatic carbocycles. The number of hydrogen-bond acceptors (Lipinski definition) is 8. The van der Waals surface area contributed by atoms with Gasteiger partial charge in [-0.25, -0.2) is 16.8 Å². The highest BCUT2D eigenvalue weighted by Gasteiger charge is 2.30. The van der Waals surface area contributed by atoms with Crippen molar-refractivity contribution in [3.05, 3.63) is 47.5 Å². The topological polar surface area (TPSA) is 126 Å². The highest BCUT2D eigenvalue weighted by molar-refractivity contribution is 7.89. The summed E-state index contributed by atoms with van der Waals surface area (Å²) in [4.78, 5) is 15.8. The zero-order valence-corrected chi connectivity index (χ0v) is 24.3. The molecule has 2 aromatic carbocycles. The van der Waals surface area contributed by atoms with Crippen molar-refractivity contribution in [3.63, 3.8) is 0 Å². The number of aryl methyl sites for hydroxylation is 1. The summed E-state index contributed by atoms with van der Waals surface area (Å²) in [5.41, 5.74) is 1.84. The average molecular weight is 593 g/mol. The van der Waals surface area contributed by atoms with E-state index >= 15 is 0 Å². The lowest BCUT2D eigenvalue weighted by Crippen LogP contribution is -2.40. The maximum Gasteiger partial charge on any atom is 0.256 e. The molecule has 1 amide bonds. The highest BCUT2D eigenvalue weighted by atomic mass is 32.2. The molecule has 0 unspecified atom stereocenters. The molecule has 0 atom stereocenters. The lowest BCUT2D eigenvalue weighted by Gasteiger charge is -2.31. The largest absolute Gasteiger partial charge is 0.379 e. The average Bonchev–Trinajstić information content (AvgIpc) is 2.98. The van der Waals surface area contributed by atoms with Gasteiger partial charge in [-0.05, 0) is 55.7 Å². The Hall–Kier alpha value is -2.55. The minimum Gasteiger partial charge on any atom is -0.379 e. The van der Waals surface area contributed by atoms with Crippen LogP contribution in [0.15, 0.2) is 46.2 Å². The van der Waals surface area contributed by atoms with Crippen molar-refractivity contribution in [2.45, 2.75) is 36.0 Å². The van der Waals surface area contributed by atoms with Gasteiger partial charge in [-0.15, -0.1) is 0 Å². The van der Waals surface area contributed by atoms with Crippen molar-refractivity contribution in [3.8, 4) is 0 Å². The number of nitrogens with zero attached hydrogens (tertiary/aromatic N) is 3. The van der Waals surface area contributed by atoms with E-state index in [9.17, 15) is 21.6 Å². The van der Waals surface area contributed by atoms with Crippen molar-refractivity contribution >= 4 is 37.3 Å². The number of benzene rings is 2. The van der Waals surface area contributed by atoms with Crippen molar-refractivity contribution in [1.82, 2.24) is 8.61 Å². The predicted molar refractivity (Wildman–Crippen MR) is 151 cm³/mol. The summed E-state index contributed by atoms with van der Waals surface area (Å²) in [5.74, 6) is -0.511. The first-order chi connectivity index (χ1) is 19.2. The second-order valence-electron chi connectivity index (χ2n) is 10.2. The molecule has 3 saturated heterocycles. The van der Waals surface area contributed by atoms with Crippen LogP contribution in [-0.4, -0.2) is 97.0 Å². The molecule has 218 valence electrons. The zero-order chi connectivity index (χ0) is 28.3. The highest BCUT2D eigenvalue weighted by Crippen LogP contribution is 2.32. The van der Waals surface area contributed by atoms with Crippen LogP contribution >= 0.6 is 0 Å². The molecule has 2 aromatic rings. The van der Waals surface area contributed by atoms with Gasteiger partial charge in [0, 0.05) is 44.8 Å². The van der Waals surface area contributed by atoms with Crippen LogP contribution in [-0.2, 0) is 29.5 Å². The van der Waals surface area contributed by atoms with Gasteiger partial charge < -0.3 is 19.7 Å². The number of piperidine rings is 1. The van der Waals surface area contributed by atoms with Crippen molar-refractivity contribution in [1.29, 1.82) is 0 Å². The summed E-state index contributed by atoms with van der Waals surface area (Å²) in [7, 11) is -7.54. The van der Waals surface area contributed by atoms with Crippen molar-refractivity contribution < 1.29 is 31.1 Å². The molecule has 40 heavy (non-hydrogen) atoms. The number of ether oxygens (including phenoxy) is 2. The first-order valence-electron chi connectivity index (χ1n) is 13.6. The molecule has 13 heteroatoms. The normalized spacial score (nSPS) is 19.9. The standard InChI is InChI=1S/C27H36N4O7S2/c1-21-5-6-22(39(33,34)30-9-3-2-4-10-30)19-24(21)27(32)28-25-20-23(40(35,36)31-13-17-38-18-14-31)7-8-26(25)29-11-15-37-16-12-29/h5-8,19-20H,2-4,9-18H2,1H3,(H,28,32). The number of anilines is 2. The van der Waals surface area contributed by atoms with Gasteiger partial charge in [0.1, 0.15) is 0 Å². The smallest absolute Gasteiger partial charge is 0.256 e. The van der Waals surface area contributed by atoms with Crippen molar-refractivity contribution in [2.75, 3.05) is 75.9 Å². The molecule has 11 nitrogen and oxygen atoms in total. The number of carbonyl (C=O) groups excluding carboxylic acids is 1. The van der Waals surface area contributed by atoms with Gasteiger partial charge in [0.15, 0.2) is 0 Å². The van der Waals surface area contributed by atoms with Crippen LogP contribution in [0, 0.1) is 6.92 Å². The van der Waals surface area contributed by atoms with E-state index in [0.717, 1.165) is 19.3 Å². The molecule has 3 aliphatic heterocycles. The fourth-order valence-corrected chi connectivity index (χ4v) is 8.22. The Morgan fingerprint density at radius 2 is 1.27 bits per heavy atom. The van der Waals surface area contributed by atoms with E-state index in [1.807, 2.05) is 4.90 Å². The van der Waals surface area contributed by atoms with E-state index < -0.39 is 26.0 Å². The number of sulfonamides is 2. The molecule has 3 heterocycles. The number of hydrogen-bond donors (Lipinski definition) is 1. The third-order valence-corrected chi connectivity index (χ3v) is 11.4. The molecular weight excluding hydrogens is 556 g/mol. The predicted octanol–water partition coefficient (Wildman–Crippen LogP) is 2.28. The molecule has 3 aliphatic rings. The summed E-state index contributed by atoms with van der Waals surface area (Å²) in [5, 5.41) is 2.90. The zero-order valence-electron chi connectivity index (χ0n) is 22.7. The number of nitrogens with one attached hydrogen (secondary N) is 1. The molecule has 1 N–H and O–H groups in total. The minimum atomic E-state index is -3.81. The van der Waals surface area contributed by atoms with Crippen LogP contribution in [0.1, 0.15) is 35.2 Å². The van der Waals surface area contributed by atoms with Gasteiger partial charge in [0.2, 0.25) is 20.0 Å². The molecule has 0 bridgehead atoms. The third-order valence-electron chi connectivity index (χ3n) is 7.58. The molecule has 0 aromatic heterocycles. The van der Waals surface area contributed by atoms with Gasteiger partial charge in [-0.1, -0.05) is 12.5 Å². The molecule has 0 spiro atoms. The molecule has 0 radical (unpaired) electrons.